The van der Waals surface area contributed by atoms with E-state index in [2.05, 4.69) is 35.4 Å². The summed E-state index contributed by atoms with van der Waals surface area (Å²) in [7, 11) is -3.45. The van der Waals surface area contributed by atoms with E-state index in [0.29, 0.717) is 23.1 Å². The number of halogens is 1. The average molecular weight is 457 g/mol. The van der Waals surface area contributed by atoms with E-state index < -0.39 is 10.0 Å². The number of anilines is 5. The molecule has 2 aromatic heterocycles. The zero-order chi connectivity index (χ0) is 21.8. The summed E-state index contributed by atoms with van der Waals surface area (Å²) in [6.45, 7) is 0. The molecule has 2 aromatic carbocycles. The number of nitrogens with one attached hydrogen (secondary N) is 3. The molecule has 0 aliphatic rings. The maximum atomic E-state index is 11.6. The molecule has 0 bridgehead atoms. The number of aromatic nitrogens is 5. The monoisotopic (exact) mass is 456 g/mol. The molecule has 0 aliphatic carbocycles. The van der Waals surface area contributed by atoms with Crippen molar-refractivity contribution in [1.82, 2.24) is 24.7 Å². The highest BCUT2D eigenvalue weighted by molar-refractivity contribution is 7.92. The number of nitrogens with zero attached hydrogens (tertiary/aromatic N) is 5. The van der Waals surface area contributed by atoms with Gasteiger partial charge in [0.15, 0.2) is 5.82 Å². The predicted molar refractivity (Wildman–Crippen MR) is 120 cm³/mol. The Bertz CT molecular complexity index is 1310. The number of rotatable bonds is 7. The minimum absolute atomic E-state index is 0.274. The van der Waals surface area contributed by atoms with Crippen molar-refractivity contribution in [2.24, 2.45) is 0 Å². The molecular formula is C19H17ClN8O2S. The van der Waals surface area contributed by atoms with Crippen molar-refractivity contribution in [3.05, 3.63) is 72.4 Å². The van der Waals surface area contributed by atoms with Gasteiger partial charge in [0, 0.05) is 5.69 Å². The van der Waals surface area contributed by atoms with E-state index in [1.54, 1.807) is 35.3 Å². The second-order valence-corrected chi connectivity index (χ2v) is 8.61. The third-order valence-corrected chi connectivity index (χ3v) is 4.87. The van der Waals surface area contributed by atoms with Gasteiger partial charge in [0.2, 0.25) is 16.0 Å². The zero-order valence-corrected chi connectivity index (χ0v) is 17.8. The molecule has 0 saturated heterocycles. The Morgan fingerprint density at radius 2 is 1.84 bits per heavy atom. The zero-order valence-electron chi connectivity index (χ0n) is 16.2. The van der Waals surface area contributed by atoms with Gasteiger partial charge in [-0.15, -0.1) is 0 Å². The Morgan fingerprint density at radius 3 is 2.58 bits per heavy atom. The topological polar surface area (TPSA) is 127 Å². The minimum Gasteiger partial charge on any atom is -0.337 e. The first kappa shape index (κ1) is 20.6. The summed E-state index contributed by atoms with van der Waals surface area (Å²) in [5, 5.41) is 10.6. The molecule has 10 nitrogen and oxygen atoms in total. The van der Waals surface area contributed by atoms with Crippen LogP contribution in [-0.4, -0.2) is 39.4 Å². The largest absolute Gasteiger partial charge is 0.337 e. The molecule has 0 fully saturated rings. The Morgan fingerprint density at radius 1 is 1.03 bits per heavy atom. The van der Waals surface area contributed by atoms with E-state index in [1.807, 2.05) is 24.3 Å². The van der Waals surface area contributed by atoms with Crippen molar-refractivity contribution in [3.63, 3.8) is 0 Å². The van der Waals surface area contributed by atoms with Crippen LogP contribution >= 0.6 is 11.6 Å². The van der Waals surface area contributed by atoms with E-state index in [4.69, 9.17) is 11.6 Å². The standard InChI is InChI=1S/C19H17ClN8O2S/c1-31(29,30)27-17-8-3-2-7-16(17)25-18-15(20)10-22-19(26-18)24-13-5-4-6-14(9-13)28-12-21-11-23-28/h2-12,27H,1H3,(H2,22,24,25,26). The Hall–Kier alpha value is -3.70. The number of hydrogen-bond donors (Lipinski definition) is 3. The summed E-state index contributed by atoms with van der Waals surface area (Å²) in [6.07, 6.45) is 5.59. The summed E-state index contributed by atoms with van der Waals surface area (Å²) < 4.78 is 27.4. The fourth-order valence-corrected chi connectivity index (χ4v) is 3.44. The van der Waals surface area contributed by atoms with Gasteiger partial charge in [0.05, 0.1) is 29.5 Å². The maximum Gasteiger partial charge on any atom is 0.229 e. The van der Waals surface area contributed by atoms with Crippen molar-refractivity contribution >= 4 is 50.5 Å². The quantitative estimate of drug-likeness (QED) is 0.385. The third kappa shape index (κ3) is 5.27. The number of sulfonamides is 1. The smallest absolute Gasteiger partial charge is 0.229 e. The first-order valence-corrected chi connectivity index (χ1v) is 11.2. The number of hydrogen-bond acceptors (Lipinski definition) is 8. The molecule has 3 N–H and O–H groups in total. The molecule has 0 radical (unpaired) electrons. The van der Waals surface area contributed by atoms with Gasteiger partial charge in [-0.05, 0) is 30.3 Å². The molecule has 0 atom stereocenters. The summed E-state index contributed by atoms with van der Waals surface area (Å²) in [5.74, 6) is 0.616. The maximum absolute atomic E-state index is 11.6. The Balaban J connectivity index is 1.59. The van der Waals surface area contributed by atoms with Gasteiger partial charge in [-0.2, -0.15) is 10.1 Å². The van der Waals surface area contributed by atoms with Crippen LogP contribution in [0.5, 0.6) is 0 Å². The van der Waals surface area contributed by atoms with Gasteiger partial charge in [-0.1, -0.05) is 29.8 Å². The molecule has 4 aromatic rings. The van der Waals surface area contributed by atoms with Gasteiger partial charge in [-0.25, -0.2) is 23.1 Å². The fourth-order valence-electron chi connectivity index (χ4n) is 2.72. The van der Waals surface area contributed by atoms with E-state index in [0.717, 1.165) is 17.6 Å². The SMILES string of the molecule is CS(=O)(=O)Nc1ccccc1Nc1nc(Nc2cccc(-n3cncn3)c2)ncc1Cl. The van der Waals surface area contributed by atoms with Gasteiger partial charge < -0.3 is 10.6 Å². The van der Waals surface area contributed by atoms with Crippen molar-refractivity contribution in [3.8, 4) is 5.69 Å². The summed E-state index contributed by atoms with van der Waals surface area (Å²) in [4.78, 5) is 12.6. The van der Waals surface area contributed by atoms with Crippen LogP contribution in [-0.2, 0) is 10.0 Å². The van der Waals surface area contributed by atoms with Crippen LogP contribution in [0.3, 0.4) is 0 Å². The van der Waals surface area contributed by atoms with Gasteiger partial charge in [0.1, 0.15) is 17.7 Å². The van der Waals surface area contributed by atoms with Gasteiger partial charge in [0.25, 0.3) is 0 Å². The second kappa shape index (κ2) is 8.58. The van der Waals surface area contributed by atoms with Crippen LogP contribution in [0.15, 0.2) is 67.4 Å². The van der Waals surface area contributed by atoms with Crippen LogP contribution in [0.1, 0.15) is 0 Å². The lowest BCUT2D eigenvalue weighted by molar-refractivity contribution is 0.607. The molecule has 158 valence electrons. The van der Waals surface area contributed by atoms with Crippen molar-refractivity contribution in [2.75, 3.05) is 21.6 Å². The minimum atomic E-state index is -3.45. The summed E-state index contributed by atoms with van der Waals surface area (Å²) in [6, 6.07) is 14.3. The van der Waals surface area contributed by atoms with E-state index in [1.165, 1.54) is 12.5 Å². The molecule has 4 rings (SSSR count). The van der Waals surface area contributed by atoms with Gasteiger partial charge >= 0.3 is 0 Å². The molecule has 0 aliphatic heterocycles. The lowest BCUT2D eigenvalue weighted by atomic mass is 10.2. The highest BCUT2D eigenvalue weighted by atomic mass is 35.5. The highest BCUT2D eigenvalue weighted by Crippen LogP contribution is 2.29. The van der Waals surface area contributed by atoms with Crippen molar-refractivity contribution in [2.45, 2.75) is 0 Å². The Labute approximate surface area is 183 Å². The number of benzene rings is 2. The predicted octanol–water partition coefficient (Wildman–Crippen LogP) is 3.57. The van der Waals surface area contributed by atoms with E-state index >= 15 is 0 Å². The highest BCUT2D eigenvalue weighted by Gasteiger charge is 2.11. The molecule has 0 unspecified atom stereocenters. The van der Waals surface area contributed by atoms with Crippen molar-refractivity contribution < 1.29 is 8.42 Å². The lowest BCUT2D eigenvalue weighted by Crippen LogP contribution is -2.11. The normalized spacial score (nSPS) is 11.2. The van der Waals surface area contributed by atoms with Crippen LogP contribution in [0.25, 0.3) is 5.69 Å². The molecule has 0 spiro atoms. The second-order valence-electron chi connectivity index (χ2n) is 6.45. The third-order valence-electron chi connectivity index (χ3n) is 4.01. The van der Waals surface area contributed by atoms with E-state index in [9.17, 15) is 8.42 Å². The van der Waals surface area contributed by atoms with Crippen LogP contribution in [0.4, 0.5) is 28.8 Å². The molecule has 31 heavy (non-hydrogen) atoms. The van der Waals surface area contributed by atoms with Crippen LogP contribution < -0.4 is 15.4 Å². The first-order chi connectivity index (χ1) is 14.9. The molecule has 0 amide bonds. The van der Waals surface area contributed by atoms with Gasteiger partial charge in [-0.3, -0.25) is 4.72 Å². The summed E-state index contributed by atoms with van der Waals surface area (Å²) >= 11 is 6.25. The molecular weight excluding hydrogens is 440 g/mol. The first-order valence-electron chi connectivity index (χ1n) is 8.96. The molecule has 12 heteroatoms. The fraction of sp³-hybridized carbons (Fsp3) is 0.0526. The van der Waals surface area contributed by atoms with Crippen LogP contribution in [0, 0.1) is 0 Å². The number of para-hydroxylation sites is 2. The summed E-state index contributed by atoms with van der Waals surface area (Å²) in [5.41, 5.74) is 2.42. The Kier molecular flexibility index (Phi) is 5.69. The average Bonchev–Trinajstić information content (AvgIpc) is 3.26. The molecule has 2 heterocycles. The van der Waals surface area contributed by atoms with E-state index in [-0.39, 0.29) is 5.02 Å². The van der Waals surface area contributed by atoms with Crippen LogP contribution in [0.2, 0.25) is 5.02 Å². The molecule has 0 saturated carbocycles. The lowest BCUT2D eigenvalue weighted by Gasteiger charge is -2.14. The van der Waals surface area contributed by atoms with Crippen molar-refractivity contribution in [1.29, 1.82) is 0 Å².